The predicted molar refractivity (Wildman–Crippen MR) is 171 cm³/mol. The number of carbonyl (C=O) groups is 2. The topological polar surface area (TPSA) is 102 Å². The summed E-state index contributed by atoms with van der Waals surface area (Å²) in [7, 11) is 3.14. The highest BCUT2D eigenvalue weighted by Gasteiger charge is 2.33. The Morgan fingerprint density at radius 2 is 1.11 bits per heavy atom. The molecule has 0 fully saturated rings. The van der Waals surface area contributed by atoms with Crippen LogP contribution in [0.2, 0.25) is 0 Å². The van der Waals surface area contributed by atoms with E-state index in [0.717, 1.165) is 43.3 Å². The highest BCUT2D eigenvalue weighted by molar-refractivity contribution is 6.05. The lowest BCUT2D eigenvalue weighted by atomic mass is 10.1. The number of methoxy groups -OCH3 is 2. The smallest absolute Gasteiger partial charge is 0.260 e. The summed E-state index contributed by atoms with van der Waals surface area (Å²) in [5.74, 6) is 1.96. The number of nitrogens with zero attached hydrogens (tertiary/aromatic N) is 4. The molecule has 2 aromatic rings. The summed E-state index contributed by atoms with van der Waals surface area (Å²) >= 11 is 0. The number of ether oxygens (including phenoxy) is 4. The summed E-state index contributed by atoms with van der Waals surface area (Å²) < 4.78 is 23.2. The molecule has 0 spiro atoms. The molecule has 0 unspecified atom stereocenters. The quantitative estimate of drug-likeness (QED) is 0.284. The fraction of sp³-hybridized carbons (Fsp3) is 0.412. The van der Waals surface area contributed by atoms with E-state index in [9.17, 15) is 9.59 Å². The molecule has 2 atom stereocenters. The van der Waals surface area contributed by atoms with Gasteiger partial charge in [-0.25, -0.2) is 0 Å². The third-order valence-corrected chi connectivity index (χ3v) is 8.06. The number of fused-ring (bicyclic) bond motifs is 4. The minimum atomic E-state index is -0.0868. The normalized spacial score (nSPS) is 19.5. The first-order valence-electron chi connectivity index (χ1n) is 14.6. The average Bonchev–Trinajstić information content (AvgIpc) is 3.51. The van der Waals surface area contributed by atoms with Gasteiger partial charge in [-0.2, -0.15) is 0 Å². The molecule has 0 bridgehead atoms. The molecule has 4 aliphatic rings. The Morgan fingerprint density at radius 1 is 0.682 bits per heavy atom. The van der Waals surface area contributed by atoms with E-state index < -0.39 is 0 Å². The lowest BCUT2D eigenvalue weighted by molar-refractivity contribution is 0.0809. The van der Waals surface area contributed by atoms with Crippen molar-refractivity contribution in [3.63, 3.8) is 0 Å². The summed E-state index contributed by atoms with van der Waals surface area (Å²) in [6.45, 7) is 5.00. The second-order valence-electron chi connectivity index (χ2n) is 11.3. The van der Waals surface area contributed by atoms with E-state index in [1.54, 1.807) is 48.3 Å². The van der Waals surface area contributed by atoms with Gasteiger partial charge in [0.2, 0.25) is 0 Å². The molecule has 2 amide bonds. The molecule has 10 nitrogen and oxygen atoms in total. The molecule has 6 rings (SSSR count). The maximum absolute atomic E-state index is 13.2. The van der Waals surface area contributed by atoms with Crippen LogP contribution in [0.15, 0.2) is 57.8 Å². The number of hydrogen-bond donors (Lipinski definition) is 0. The molecule has 2 aromatic carbocycles. The van der Waals surface area contributed by atoms with Gasteiger partial charge in [-0.05, 0) is 58.1 Å². The van der Waals surface area contributed by atoms with Crippen LogP contribution in [0.1, 0.15) is 74.1 Å². The largest absolute Gasteiger partial charge is 0.493 e. The van der Waals surface area contributed by atoms with Crippen molar-refractivity contribution in [2.75, 3.05) is 27.4 Å². The zero-order valence-electron chi connectivity index (χ0n) is 25.0. The molecule has 10 heteroatoms. The second-order valence-corrected chi connectivity index (χ2v) is 11.3. The molecule has 0 aromatic heterocycles. The molecule has 0 aliphatic carbocycles. The number of benzene rings is 2. The molecule has 0 N–H and O–H groups in total. The molecule has 0 saturated heterocycles. The molecule has 44 heavy (non-hydrogen) atoms. The Kier molecular flexibility index (Phi) is 9.08. The van der Waals surface area contributed by atoms with Crippen LogP contribution in [-0.2, 0) is 0 Å². The van der Waals surface area contributed by atoms with E-state index in [4.69, 9.17) is 18.9 Å². The van der Waals surface area contributed by atoms with E-state index in [2.05, 4.69) is 9.98 Å². The lowest BCUT2D eigenvalue weighted by Crippen LogP contribution is -2.32. The molecular formula is C34H40N4O6. The van der Waals surface area contributed by atoms with Crippen LogP contribution in [0, 0.1) is 0 Å². The van der Waals surface area contributed by atoms with Gasteiger partial charge in [-0.15, -0.1) is 0 Å². The summed E-state index contributed by atoms with van der Waals surface area (Å²) in [5.41, 5.74) is 4.48. The van der Waals surface area contributed by atoms with Crippen molar-refractivity contribution in [3.05, 3.63) is 58.9 Å². The fourth-order valence-electron chi connectivity index (χ4n) is 5.85. The van der Waals surface area contributed by atoms with Gasteiger partial charge in [0.05, 0.1) is 62.0 Å². The third kappa shape index (κ3) is 5.93. The Hall–Kier alpha value is -4.60. The third-order valence-electron chi connectivity index (χ3n) is 8.06. The van der Waals surface area contributed by atoms with Gasteiger partial charge in [0, 0.05) is 37.0 Å². The van der Waals surface area contributed by atoms with Gasteiger partial charge in [-0.1, -0.05) is 18.6 Å². The van der Waals surface area contributed by atoms with Gasteiger partial charge in [0.15, 0.2) is 23.0 Å². The van der Waals surface area contributed by atoms with Crippen LogP contribution in [-0.4, -0.2) is 73.6 Å². The van der Waals surface area contributed by atoms with Gasteiger partial charge in [0.25, 0.3) is 11.8 Å². The van der Waals surface area contributed by atoms with Gasteiger partial charge >= 0.3 is 0 Å². The summed E-state index contributed by atoms with van der Waals surface area (Å²) in [4.78, 5) is 39.0. The van der Waals surface area contributed by atoms with Crippen molar-refractivity contribution < 1.29 is 28.5 Å². The summed E-state index contributed by atoms with van der Waals surface area (Å²) in [6.07, 6.45) is 11.5. The number of rotatable bonds is 10. The zero-order chi connectivity index (χ0) is 30.1. The maximum Gasteiger partial charge on any atom is 0.260 e. The monoisotopic (exact) mass is 600 g/mol. The fourth-order valence-corrected chi connectivity index (χ4v) is 5.85. The average molecular weight is 601 g/mol. The molecule has 0 saturated carbocycles. The first-order chi connectivity index (χ1) is 20.9. The number of amides is 2. The molecule has 4 aliphatic heterocycles. The first kappa shape index (κ1) is 30.8. The van der Waals surface area contributed by atoms with Crippen molar-refractivity contribution in [2.24, 2.45) is 9.98 Å². The Bertz CT molecular complexity index is 1460. The molecular weight excluding hydrogens is 560 g/mol. The summed E-state index contributed by atoms with van der Waals surface area (Å²) in [6, 6.07) is 6.88. The second kappa shape index (κ2) is 13.0. The number of unbranched alkanes of at least 4 members (excludes halogenated alkanes) is 2. The Morgan fingerprint density at radius 3 is 1.52 bits per heavy atom. The molecule has 232 valence electrons. The minimum Gasteiger partial charge on any atom is -0.493 e. The van der Waals surface area contributed by atoms with Gasteiger partial charge in [-0.3, -0.25) is 19.6 Å². The predicted octanol–water partition coefficient (Wildman–Crippen LogP) is 6.64. The van der Waals surface area contributed by atoms with Crippen molar-refractivity contribution in [2.45, 2.75) is 65.5 Å². The Balaban J connectivity index is 0.00000384. The zero-order valence-corrected chi connectivity index (χ0v) is 25.0. The lowest BCUT2D eigenvalue weighted by Gasteiger charge is -2.19. The van der Waals surface area contributed by atoms with Crippen LogP contribution >= 0.6 is 0 Å². The summed E-state index contributed by atoms with van der Waals surface area (Å²) in [5, 5.41) is 0. The van der Waals surface area contributed by atoms with Crippen molar-refractivity contribution >= 4 is 35.6 Å². The van der Waals surface area contributed by atoms with E-state index in [1.807, 2.05) is 38.7 Å². The highest BCUT2D eigenvalue weighted by Crippen LogP contribution is 2.40. The Labute approximate surface area is 258 Å². The van der Waals surface area contributed by atoms with Crippen LogP contribution in [0.3, 0.4) is 0 Å². The number of aliphatic imine (C=N–C) groups is 2. The van der Waals surface area contributed by atoms with Crippen LogP contribution in [0.25, 0.3) is 0 Å². The molecule has 4 heterocycles. The van der Waals surface area contributed by atoms with Crippen LogP contribution in [0.5, 0.6) is 23.0 Å². The molecule has 0 radical (unpaired) electrons. The van der Waals surface area contributed by atoms with Crippen molar-refractivity contribution in [1.82, 2.24) is 9.80 Å². The van der Waals surface area contributed by atoms with Gasteiger partial charge < -0.3 is 28.7 Å². The van der Waals surface area contributed by atoms with E-state index in [0.29, 0.717) is 58.7 Å². The number of hydrogen-bond acceptors (Lipinski definition) is 8. The van der Waals surface area contributed by atoms with Crippen molar-refractivity contribution in [3.8, 4) is 23.0 Å². The van der Waals surface area contributed by atoms with Gasteiger partial charge in [0.1, 0.15) is 0 Å². The number of carbonyl (C=O) groups excluding carboxylic acids is 2. The van der Waals surface area contributed by atoms with E-state index in [1.165, 1.54) is 0 Å². The minimum absolute atomic E-state index is 0. The van der Waals surface area contributed by atoms with E-state index >= 15 is 0 Å². The van der Waals surface area contributed by atoms with Crippen molar-refractivity contribution in [1.29, 1.82) is 0 Å². The van der Waals surface area contributed by atoms with Crippen LogP contribution in [0.4, 0.5) is 11.4 Å². The SMILES string of the molecule is C.COc1cc2c(cc1OCCCCCOc1cc3c(cc1OC)C(=O)N1C=C(C)C[C@H]1C=N3)N=C[C@@H]1CC(C)=CN1C2=O. The maximum atomic E-state index is 13.2. The first-order valence-corrected chi connectivity index (χ1v) is 14.6. The van der Waals surface area contributed by atoms with Crippen LogP contribution < -0.4 is 18.9 Å². The highest BCUT2D eigenvalue weighted by atomic mass is 16.5. The standard InChI is InChI=1S/C33H36N4O6.CH4/c1-20-10-22-16-34-26-14-30(28(40-3)12-24(26)32(38)36(22)18-20)42-8-6-5-7-9-43-31-15-27-25(13-29(31)41-4)33(39)37-19-21(2)11-23(37)17-35-27;/h12-19,22-23H,5-11H2,1-4H3;1H4/t22-,23-;/m0./s1. The van der Waals surface area contributed by atoms with E-state index in [-0.39, 0.29) is 31.3 Å².